The van der Waals surface area contributed by atoms with Gasteiger partial charge in [-0.15, -0.1) is 0 Å². The number of aryl methyl sites for hydroxylation is 1. The molecule has 0 spiro atoms. The fourth-order valence-electron chi connectivity index (χ4n) is 3.47. The minimum absolute atomic E-state index is 0.979. The molecule has 0 aromatic heterocycles. The Kier molecular flexibility index (Phi) is 4.98. The number of hydrogen-bond donors (Lipinski definition) is 0. The van der Waals surface area contributed by atoms with Crippen LogP contribution in [0.3, 0.4) is 0 Å². The summed E-state index contributed by atoms with van der Waals surface area (Å²) in [6.45, 7) is 7.24. The van der Waals surface area contributed by atoms with E-state index in [1.54, 1.807) is 0 Å². The van der Waals surface area contributed by atoms with E-state index >= 15 is 0 Å². The Morgan fingerprint density at radius 1 is 0.846 bits per heavy atom. The van der Waals surface area contributed by atoms with Gasteiger partial charge in [-0.25, -0.2) is 0 Å². The number of benzene rings is 3. The molecule has 0 N–H and O–H groups in total. The van der Waals surface area contributed by atoms with Crippen LogP contribution in [0.25, 0.3) is 10.8 Å². The van der Waals surface area contributed by atoms with Crippen molar-refractivity contribution < 1.29 is 0 Å². The molecule has 1 fully saturated rings. The molecule has 0 radical (unpaired) electrons. The molecule has 3 aromatic rings. The molecule has 4 rings (SSSR count). The summed E-state index contributed by atoms with van der Waals surface area (Å²) in [5, 5.41) is 9.45. The highest BCUT2D eigenvalue weighted by atomic mass is 15.5. The summed E-state index contributed by atoms with van der Waals surface area (Å²) in [5.74, 6) is 0. The molecular weight excluding hydrogens is 318 g/mol. The van der Waals surface area contributed by atoms with Crippen molar-refractivity contribution in [3.8, 4) is 0 Å². The van der Waals surface area contributed by atoms with Crippen molar-refractivity contribution in [3.05, 3.63) is 83.4 Å². The summed E-state index contributed by atoms with van der Waals surface area (Å²) in [4.78, 5) is 2.51. The number of fused-ring (bicyclic) bond motifs is 1. The molecule has 26 heavy (non-hydrogen) atoms. The highest BCUT2D eigenvalue weighted by Gasteiger charge is 2.15. The molecule has 3 heteroatoms. The number of piperazine rings is 1. The lowest BCUT2D eigenvalue weighted by molar-refractivity contribution is 0.131. The lowest BCUT2D eigenvalue weighted by atomic mass is 10.1. The third kappa shape index (κ3) is 3.94. The van der Waals surface area contributed by atoms with Gasteiger partial charge in [0, 0.05) is 38.3 Å². The molecule has 0 aliphatic carbocycles. The van der Waals surface area contributed by atoms with Crippen LogP contribution in [0.2, 0.25) is 0 Å². The van der Waals surface area contributed by atoms with E-state index in [4.69, 9.17) is 5.10 Å². The summed E-state index contributed by atoms with van der Waals surface area (Å²) in [6.07, 6.45) is 2.01. The van der Waals surface area contributed by atoms with E-state index in [1.165, 1.54) is 27.5 Å². The van der Waals surface area contributed by atoms with Crippen LogP contribution in [-0.2, 0) is 6.54 Å². The molecule has 132 valence electrons. The van der Waals surface area contributed by atoms with Gasteiger partial charge in [-0.05, 0) is 23.3 Å². The average molecular weight is 343 g/mol. The number of rotatable bonds is 4. The lowest BCUT2D eigenvalue weighted by Crippen LogP contribution is -2.43. The predicted molar refractivity (Wildman–Crippen MR) is 110 cm³/mol. The van der Waals surface area contributed by atoms with E-state index in [9.17, 15) is 0 Å². The minimum Gasteiger partial charge on any atom is -0.295 e. The highest BCUT2D eigenvalue weighted by molar-refractivity contribution is 5.99. The smallest absolute Gasteiger partial charge is 0.0549 e. The van der Waals surface area contributed by atoms with Gasteiger partial charge in [0.2, 0.25) is 0 Å². The largest absolute Gasteiger partial charge is 0.295 e. The quantitative estimate of drug-likeness (QED) is 0.658. The Balaban J connectivity index is 1.36. The van der Waals surface area contributed by atoms with Gasteiger partial charge in [-0.3, -0.25) is 9.91 Å². The normalized spacial score (nSPS) is 15.8. The molecule has 1 aliphatic heterocycles. The zero-order valence-corrected chi connectivity index (χ0v) is 15.3. The number of nitrogens with zero attached hydrogens (tertiary/aromatic N) is 3. The van der Waals surface area contributed by atoms with Gasteiger partial charge in [0.25, 0.3) is 0 Å². The maximum atomic E-state index is 4.74. The van der Waals surface area contributed by atoms with Gasteiger partial charge in [-0.1, -0.05) is 72.3 Å². The molecule has 0 unspecified atom stereocenters. The van der Waals surface area contributed by atoms with Crippen LogP contribution in [-0.4, -0.2) is 42.3 Å². The van der Waals surface area contributed by atoms with Crippen LogP contribution in [0, 0.1) is 6.92 Å². The van der Waals surface area contributed by atoms with Crippen LogP contribution in [0.4, 0.5) is 0 Å². The zero-order chi connectivity index (χ0) is 17.8. The first kappa shape index (κ1) is 16.8. The van der Waals surface area contributed by atoms with Crippen LogP contribution in [0.15, 0.2) is 71.8 Å². The van der Waals surface area contributed by atoms with Gasteiger partial charge in [-0.2, -0.15) is 5.10 Å². The maximum absolute atomic E-state index is 4.74. The fraction of sp³-hybridized carbons (Fsp3) is 0.261. The van der Waals surface area contributed by atoms with Crippen molar-refractivity contribution in [2.45, 2.75) is 13.5 Å². The van der Waals surface area contributed by atoms with Crippen LogP contribution < -0.4 is 0 Å². The average Bonchev–Trinajstić information content (AvgIpc) is 2.69. The third-order valence-electron chi connectivity index (χ3n) is 5.06. The molecule has 0 atom stereocenters. The first-order valence-electron chi connectivity index (χ1n) is 9.32. The molecule has 0 saturated carbocycles. The zero-order valence-electron chi connectivity index (χ0n) is 15.3. The summed E-state index contributed by atoms with van der Waals surface area (Å²) in [5.41, 5.74) is 3.90. The maximum Gasteiger partial charge on any atom is 0.0549 e. The lowest BCUT2D eigenvalue weighted by Gasteiger charge is -2.33. The van der Waals surface area contributed by atoms with Gasteiger partial charge < -0.3 is 0 Å². The van der Waals surface area contributed by atoms with Gasteiger partial charge in [0.05, 0.1) is 6.21 Å². The third-order valence-corrected chi connectivity index (χ3v) is 5.06. The molecule has 3 nitrogen and oxygen atoms in total. The Hall–Kier alpha value is -2.65. The highest BCUT2D eigenvalue weighted by Crippen LogP contribution is 2.17. The molecule has 1 heterocycles. The molecule has 1 saturated heterocycles. The minimum atomic E-state index is 0.979. The monoisotopic (exact) mass is 343 g/mol. The van der Waals surface area contributed by atoms with E-state index in [2.05, 4.69) is 83.6 Å². The van der Waals surface area contributed by atoms with Crippen molar-refractivity contribution >= 4 is 17.0 Å². The van der Waals surface area contributed by atoms with E-state index < -0.39 is 0 Å². The van der Waals surface area contributed by atoms with E-state index in [1.807, 2.05) is 6.21 Å². The van der Waals surface area contributed by atoms with E-state index in [0.717, 1.165) is 32.7 Å². The summed E-state index contributed by atoms with van der Waals surface area (Å²) in [6, 6.07) is 23.7. The van der Waals surface area contributed by atoms with Crippen LogP contribution >= 0.6 is 0 Å². The molecular formula is C23H25N3. The van der Waals surface area contributed by atoms with E-state index in [-0.39, 0.29) is 0 Å². The molecule has 1 aliphatic rings. The second-order valence-corrected chi connectivity index (χ2v) is 7.03. The Morgan fingerprint density at radius 2 is 1.58 bits per heavy atom. The number of hydrazone groups is 1. The van der Waals surface area contributed by atoms with Crippen molar-refractivity contribution in [2.75, 3.05) is 26.2 Å². The summed E-state index contributed by atoms with van der Waals surface area (Å²) >= 11 is 0. The predicted octanol–water partition coefficient (Wildman–Crippen LogP) is 4.30. The first-order valence-corrected chi connectivity index (χ1v) is 9.32. The van der Waals surface area contributed by atoms with Crippen molar-refractivity contribution in [1.82, 2.24) is 9.91 Å². The molecule has 0 amide bonds. The second-order valence-electron chi connectivity index (χ2n) is 7.03. The van der Waals surface area contributed by atoms with Gasteiger partial charge in [0.15, 0.2) is 0 Å². The van der Waals surface area contributed by atoms with Gasteiger partial charge >= 0.3 is 0 Å². The van der Waals surface area contributed by atoms with Gasteiger partial charge in [0.1, 0.15) is 0 Å². The topological polar surface area (TPSA) is 18.8 Å². The Bertz CT molecular complexity index is 885. The summed E-state index contributed by atoms with van der Waals surface area (Å²) < 4.78 is 0. The SMILES string of the molecule is Cc1ccc(CN2CCN(N=Cc3cccc4ccccc34)CC2)cc1. The van der Waals surface area contributed by atoms with Crippen molar-refractivity contribution in [1.29, 1.82) is 0 Å². The first-order chi connectivity index (χ1) is 12.8. The summed E-state index contributed by atoms with van der Waals surface area (Å²) in [7, 11) is 0. The second kappa shape index (κ2) is 7.71. The number of hydrogen-bond acceptors (Lipinski definition) is 3. The molecule has 3 aromatic carbocycles. The van der Waals surface area contributed by atoms with Crippen molar-refractivity contribution in [3.63, 3.8) is 0 Å². The van der Waals surface area contributed by atoms with Crippen molar-refractivity contribution in [2.24, 2.45) is 5.10 Å². The Morgan fingerprint density at radius 3 is 2.38 bits per heavy atom. The standard InChI is InChI=1S/C23H25N3/c1-19-9-11-20(12-10-19)18-25-13-15-26(16-14-25)24-17-22-7-4-6-21-5-2-3-8-23(21)22/h2-12,17H,13-16,18H2,1H3. The fourth-order valence-corrected chi connectivity index (χ4v) is 3.47. The molecule has 0 bridgehead atoms. The van der Waals surface area contributed by atoms with E-state index in [0.29, 0.717) is 0 Å². The van der Waals surface area contributed by atoms with Crippen LogP contribution in [0.1, 0.15) is 16.7 Å². The van der Waals surface area contributed by atoms with Crippen LogP contribution in [0.5, 0.6) is 0 Å². The Labute approximate surface area is 155 Å².